The molecule has 1 aromatic rings. The molecule has 0 atom stereocenters. The average molecular weight is 392 g/mol. The minimum atomic E-state index is 0.0831. The minimum absolute atomic E-state index is 0.0831. The van der Waals surface area contributed by atoms with Crippen molar-refractivity contribution < 1.29 is 0 Å². The summed E-state index contributed by atoms with van der Waals surface area (Å²) in [5.41, 5.74) is 1.10. The van der Waals surface area contributed by atoms with Crippen molar-refractivity contribution in [2.75, 3.05) is 26.2 Å². The maximum absolute atomic E-state index is 11.9. The maximum atomic E-state index is 11.9. The maximum Gasteiger partial charge on any atom is 0.250 e. The van der Waals surface area contributed by atoms with Crippen molar-refractivity contribution in [1.82, 2.24) is 20.1 Å². The van der Waals surface area contributed by atoms with Gasteiger partial charge in [-0.25, -0.2) is 0 Å². The summed E-state index contributed by atoms with van der Waals surface area (Å²) in [5, 5.41) is 6.72. The second kappa shape index (κ2) is 13.4. The van der Waals surface area contributed by atoms with Crippen LogP contribution in [0.25, 0.3) is 0 Å². The normalized spacial score (nSPS) is 12.2. The highest BCUT2D eigenvalue weighted by Gasteiger charge is 2.12. The first kappa shape index (κ1) is 24.2. The zero-order valence-electron chi connectivity index (χ0n) is 18.8. The van der Waals surface area contributed by atoms with E-state index in [1.54, 1.807) is 6.07 Å². The molecule has 0 aliphatic rings. The Morgan fingerprint density at radius 1 is 1.11 bits per heavy atom. The average Bonchev–Trinajstić information content (AvgIpc) is 2.62. The fourth-order valence-corrected chi connectivity index (χ4v) is 3.41. The van der Waals surface area contributed by atoms with Crippen molar-refractivity contribution in [2.24, 2.45) is 4.99 Å². The summed E-state index contributed by atoms with van der Waals surface area (Å²) in [7, 11) is 0. The highest BCUT2D eigenvalue weighted by molar-refractivity contribution is 5.79. The lowest BCUT2D eigenvalue weighted by Crippen LogP contribution is -2.39. The van der Waals surface area contributed by atoms with Gasteiger partial charge < -0.3 is 15.2 Å². The molecule has 0 amide bonds. The summed E-state index contributed by atoms with van der Waals surface area (Å²) in [5.74, 6) is 0.885. The third-order valence-corrected chi connectivity index (χ3v) is 4.88. The van der Waals surface area contributed by atoms with E-state index >= 15 is 0 Å². The van der Waals surface area contributed by atoms with Gasteiger partial charge >= 0.3 is 0 Å². The van der Waals surface area contributed by atoms with Crippen molar-refractivity contribution in [3.63, 3.8) is 0 Å². The van der Waals surface area contributed by atoms with Crippen LogP contribution >= 0.6 is 0 Å². The van der Waals surface area contributed by atoms with Crippen LogP contribution in [-0.4, -0.2) is 53.7 Å². The second-order valence-electron chi connectivity index (χ2n) is 7.83. The fourth-order valence-electron chi connectivity index (χ4n) is 3.41. The molecule has 6 heteroatoms. The molecule has 160 valence electrons. The van der Waals surface area contributed by atoms with E-state index in [0.29, 0.717) is 12.1 Å². The van der Waals surface area contributed by atoms with Crippen LogP contribution in [0.3, 0.4) is 0 Å². The van der Waals surface area contributed by atoms with Crippen LogP contribution in [0.4, 0.5) is 0 Å². The number of nitrogens with one attached hydrogen (secondary N) is 2. The third-order valence-electron chi connectivity index (χ3n) is 4.88. The Labute approximate surface area is 171 Å². The van der Waals surface area contributed by atoms with Gasteiger partial charge in [-0.1, -0.05) is 6.07 Å². The molecular weight excluding hydrogens is 350 g/mol. The van der Waals surface area contributed by atoms with Crippen molar-refractivity contribution in [1.29, 1.82) is 0 Å². The number of rotatable bonds is 12. The Hall–Kier alpha value is -1.82. The van der Waals surface area contributed by atoms with E-state index in [2.05, 4.69) is 50.2 Å². The first-order chi connectivity index (χ1) is 13.4. The van der Waals surface area contributed by atoms with Crippen molar-refractivity contribution >= 4 is 5.96 Å². The molecule has 0 aliphatic heterocycles. The number of aryl methyl sites for hydroxylation is 1. The summed E-state index contributed by atoms with van der Waals surface area (Å²) in [6, 6.07) is 6.55. The highest BCUT2D eigenvalue weighted by Crippen LogP contribution is 2.05. The molecule has 0 spiro atoms. The Bertz CT molecular complexity index is 628. The molecule has 0 unspecified atom stereocenters. The van der Waals surface area contributed by atoms with Gasteiger partial charge in [0.1, 0.15) is 0 Å². The summed E-state index contributed by atoms with van der Waals surface area (Å²) in [6.45, 7) is 17.4. The number of hydrogen-bond donors (Lipinski definition) is 2. The topological polar surface area (TPSA) is 61.7 Å². The number of aromatic nitrogens is 1. The van der Waals surface area contributed by atoms with Crippen LogP contribution in [0.1, 0.15) is 59.6 Å². The lowest BCUT2D eigenvalue weighted by molar-refractivity contribution is 0.174. The van der Waals surface area contributed by atoms with Gasteiger partial charge in [-0.2, -0.15) is 0 Å². The van der Waals surface area contributed by atoms with Gasteiger partial charge in [0.05, 0.1) is 0 Å². The molecule has 6 nitrogen and oxygen atoms in total. The lowest BCUT2D eigenvalue weighted by Gasteiger charge is -2.30. The molecule has 0 fully saturated rings. The minimum Gasteiger partial charge on any atom is -0.357 e. The van der Waals surface area contributed by atoms with Gasteiger partial charge in [0, 0.05) is 56.6 Å². The summed E-state index contributed by atoms with van der Waals surface area (Å²) < 4.78 is 1.84. The molecule has 1 aromatic heterocycles. The largest absolute Gasteiger partial charge is 0.357 e. The number of unbranched alkanes of at least 4 members (excludes halogenated alkanes) is 1. The molecule has 0 aliphatic carbocycles. The van der Waals surface area contributed by atoms with Crippen LogP contribution in [0.2, 0.25) is 0 Å². The molecule has 0 saturated carbocycles. The van der Waals surface area contributed by atoms with Gasteiger partial charge in [-0.15, -0.1) is 0 Å². The molecule has 0 saturated heterocycles. The van der Waals surface area contributed by atoms with Gasteiger partial charge in [0.15, 0.2) is 5.96 Å². The van der Waals surface area contributed by atoms with Crippen molar-refractivity contribution in [3.05, 3.63) is 34.2 Å². The SMILES string of the molecule is CCNC(=NCCCN(C(C)C)C(C)C)NCCCCn1c(C)cccc1=O. The van der Waals surface area contributed by atoms with E-state index in [4.69, 9.17) is 4.99 Å². The summed E-state index contributed by atoms with van der Waals surface area (Å²) in [4.78, 5) is 19.1. The number of pyridine rings is 1. The zero-order valence-corrected chi connectivity index (χ0v) is 18.8. The number of hydrogen-bond acceptors (Lipinski definition) is 3. The lowest BCUT2D eigenvalue weighted by atomic mass is 10.2. The number of aliphatic imine (C=N–C) groups is 1. The van der Waals surface area contributed by atoms with E-state index < -0.39 is 0 Å². The smallest absolute Gasteiger partial charge is 0.250 e. The number of guanidine groups is 1. The van der Waals surface area contributed by atoms with Crippen molar-refractivity contribution in [2.45, 2.75) is 79.4 Å². The van der Waals surface area contributed by atoms with E-state index in [1.165, 1.54) is 0 Å². The molecule has 2 N–H and O–H groups in total. The van der Waals surface area contributed by atoms with Crippen LogP contribution in [0, 0.1) is 6.92 Å². The first-order valence-electron chi connectivity index (χ1n) is 10.8. The fraction of sp³-hybridized carbons (Fsp3) is 0.727. The van der Waals surface area contributed by atoms with Crippen LogP contribution in [-0.2, 0) is 6.54 Å². The second-order valence-corrected chi connectivity index (χ2v) is 7.83. The van der Waals surface area contributed by atoms with E-state index in [9.17, 15) is 4.79 Å². The molecule has 28 heavy (non-hydrogen) atoms. The molecule has 0 bridgehead atoms. The first-order valence-corrected chi connectivity index (χ1v) is 10.8. The molecule has 0 radical (unpaired) electrons. The standard InChI is InChI=1S/C22H41N5O/c1-7-23-22(25-15-11-17-26(18(2)3)19(4)5)24-14-8-9-16-27-20(6)12-10-13-21(27)28/h10,12-13,18-19H,7-9,11,14-17H2,1-6H3,(H2,23,24,25). The van der Waals surface area contributed by atoms with Crippen LogP contribution in [0.15, 0.2) is 28.0 Å². The summed E-state index contributed by atoms with van der Waals surface area (Å²) >= 11 is 0. The Kier molecular flexibility index (Phi) is 11.6. The zero-order chi connectivity index (χ0) is 20.9. The predicted octanol–water partition coefficient (Wildman–Crippen LogP) is 3.00. The van der Waals surface area contributed by atoms with Crippen LogP contribution < -0.4 is 16.2 Å². The van der Waals surface area contributed by atoms with Crippen molar-refractivity contribution in [3.8, 4) is 0 Å². The Morgan fingerprint density at radius 3 is 2.43 bits per heavy atom. The molecule has 1 rings (SSSR count). The Balaban J connectivity index is 2.35. The molecular formula is C22H41N5O. The third kappa shape index (κ3) is 8.91. The highest BCUT2D eigenvalue weighted by atomic mass is 16.1. The molecule has 0 aromatic carbocycles. The van der Waals surface area contributed by atoms with E-state index in [-0.39, 0.29) is 5.56 Å². The van der Waals surface area contributed by atoms with Gasteiger partial charge in [0.25, 0.3) is 5.56 Å². The molecule has 1 heterocycles. The number of nitrogens with zero attached hydrogens (tertiary/aromatic N) is 3. The van der Waals surface area contributed by atoms with E-state index in [1.807, 2.05) is 23.6 Å². The van der Waals surface area contributed by atoms with E-state index in [0.717, 1.165) is 63.6 Å². The van der Waals surface area contributed by atoms with Crippen LogP contribution in [0.5, 0.6) is 0 Å². The summed E-state index contributed by atoms with van der Waals surface area (Å²) in [6.07, 6.45) is 3.03. The van der Waals surface area contributed by atoms with Gasteiger partial charge in [-0.3, -0.25) is 14.7 Å². The quantitative estimate of drug-likeness (QED) is 0.327. The monoisotopic (exact) mass is 391 g/mol. The van der Waals surface area contributed by atoms with Gasteiger partial charge in [0.2, 0.25) is 0 Å². The Morgan fingerprint density at radius 2 is 1.82 bits per heavy atom. The van der Waals surface area contributed by atoms with Gasteiger partial charge in [-0.05, 0) is 66.9 Å². The predicted molar refractivity (Wildman–Crippen MR) is 120 cm³/mol.